The van der Waals surface area contributed by atoms with E-state index >= 15 is 0 Å². The summed E-state index contributed by atoms with van der Waals surface area (Å²) in [6.07, 6.45) is 3.11. The van der Waals surface area contributed by atoms with Crippen molar-refractivity contribution in [3.05, 3.63) is 59.7 Å². The fourth-order valence-corrected chi connectivity index (χ4v) is 6.18. The minimum absolute atomic E-state index is 0.0903. The van der Waals surface area contributed by atoms with Crippen LogP contribution in [-0.4, -0.2) is 40.5 Å². The van der Waals surface area contributed by atoms with Gasteiger partial charge in [-0.1, -0.05) is 30.3 Å². The Morgan fingerprint density at radius 3 is 2.61 bits per heavy atom. The fourth-order valence-electron chi connectivity index (χ4n) is 5.24. The lowest BCUT2D eigenvalue weighted by molar-refractivity contribution is -0.115. The Kier molecular flexibility index (Phi) is 4.69. The zero-order valence-corrected chi connectivity index (χ0v) is 16.8. The number of carbonyl (C=O) groups is 1. The van der Waals surface area contributed by atoms with Gasteiger partial charge in [0.05, 0.1) is 12.0 Å². The summed E-state index contributed by atoms with van der Waals surface area (Å²) in [5, 5.41) is 14.0. The lowest BCUT2D eigenvalue weighted by Crippen LogP contribution is -2.32. The maximum absolute atomic E-state index is 11.5. The lowest BCUT2D eigenvalue weighted by Gasteiger charge is -2.26. The highest BCUT2D eigenvalue weighted by molar-refractivity contribution is 7.99. The molecule has 146 valence electrons. The Morgan fingerprint density at radius 1 is 1.11 bits per heavy atom. The molecule has 3 aliphatic rings. The Morgan fingerprint density at radius 2 is 1.86 bits per heavy atom. The second-order valence-corrected chi connectivity index (χ2v) is 9.69. The van der Waals surface area contributed by atoms with Crippen LogP contribution in [0.4, 0.5) is 5.69 Å². The highest BCUT2D eigenvalue weighted by atomic mass is 32.2. The number of hydrogen-bond acceptors (Lipinski definition) is 4. The third kappa shape index (κ3) is 3.71. The summed E-state index contributed by atoms with van der Waals surface area (Å²) in [5.41, 5.74) is 2.78. The molecule has 1 aliphatic carbocycles. The van der Waals surface area contributed by atoms with Crippen molar-refractivity contribution in [2.45, 2.75) is 36.2 Å². The number of amides is 1. The van der Waals surface area contributed by atoms with Gasteiger partial charge in [-0.3, -0.25) is 9.69 Å². The van der Waals surface area contributed by atoms with E-state index in [1.165, 1.54) is 10.5 Å². The maximum atomic E-state index is 11.5. The summed E-state index contributed by atoms with van der Waals surface area (Å²) < 4.78 is 0. The maximum Gasteiger partial charge on any atom is 0.228 e. The number of carbonyl (C=O) groups excluding carboxylic acids is 1. The van der Waals surface area contributed by atoms with Crippen LogP contribution < -0.4 is 5.32 Å². The first-order valence-electron chi connectivity index (χ1n) is 10.1. The minimum Gasteiger partial charge on any atom is -0.390 e. The molecule has 2 aromatic carbocycles. The monoisotopic (exact) mass is 394 g/mol. The molecule has 2 heterocycles. The number of aliphatic hydroxyl groups is 1. The number of likely N-dealkylation sites (tertiary alicyclic amines) is 1. The van der Waals surface area contributed by atoms with Crippen LogP contribution >= 0.6 is 11.8 Å². The van der Waals surface area contributed by atoms with Crippen molar-refractivity contribution in [3.8, 4) is 0 Å². The quantitative estimate of drug-likeness (QED) is 0.762. The van der Waals surface area contributed by atoms with E-state index < -0.39 is 5.60 Å². The molecule has 0 aromatic heterocycles. The fraction of sp³-hybridized carbons (Fsp3) is 0.435. The molecule has 0 spiro atoms. The molecule has 3 atom stereocenters. The largest absolute Gasteiger partial charge is 0.390 e. The third-order valence-corrected chi connectivity index (χ3v) is 7.51. The third-order valence-electron chi connectivity index (χ3n) is 6.43. The van der Waals surface area contributed by atoms with Crippen LogP contribution in [0.1, 0.15) is 24.0 Å². The zero-order chi connectivity index (χ0) is 19.1. The Balaban J connectivity index is 1.14. The summed E-state index contributed by atoms with van der Waals surface area (Å²) in [5.74, 6) is 2.28. The second-order valence-electron chi connectivity index (χ2n) is 8.67. The molecule has 2 aliphatic heterocycles. The first-order valence-corrected chi connectivity index (χ1v) is 11.1. The van der Waals surface area contributed by atoms with Gasteiger partial charge in [0, 0.05) is 36.0 Å². The van der Waals surface area contributed by atoms with Crippen molar-refractivity contribution >= 4 is 23.4 Å². The normalized spacial score (nSPS) is 29.0. The van der Waals surface area contributed by atoms with Gasteiger partial charge in [0.25, 0.3) is 0 Å². The standard InChI is InChI=1S/C23H26N2O2S/c26-22-9-17-8-20(6-7-21(17)24-22)28-15-25-13-18-11-23(27,12-19(18)14-25)10-16-4-2-1-3-5-16/h1-8,18-19,27H,9-15H2,(H,24,26)/t18-,19+,23?. The number of rotatable bonds is 5. The Bertz CT molecular complexity index is 871. The molecule has 5 heteroatoms. The van der Waals surface area contributed by atoms with Gasteiger partial charge in [-0.05, 0) is 54.0 Å². The van der Waals surface area contributed by atoms with Crippen molar-refractivity contribution in [2.75, 3.05) is 24.3 Å². The van der Waals surface area contributed by atoms with Gasteiger partial charge in [0.1, 0.15) is 0 Å². The molecule has 2 aromatic rings. The zero-order valence-electron chi connectivity index (χ0n) is 15.9. The van der Waals surface area contributed by atoms with Crippen LogP contribution in [0.2, 0.25) is 0 Å². The molecule has 1 amide bonds. The lowest BCUT2D eigenvalue weighted by atomic mass is 9.91. The molecule has 2 fully saturated rings. The Hall–Kier alpha value is -1.82. The first-order chi connectivity index (χ1) is 13.6. The summed E-state index contributed by atoms with van der Waals surface area (Å²) in [4.78, 5) is 15.3. The number of benzene rings is 2. The van der Waals surface area contributed by atoms with Crippen LogP contribution in [-0.2, 0) is 17.6 Å². The van der Waals surface area contributed by atoms with Gasteiger partial charge in [0.2, 0.25) is 5.91 Å². The van der Waals surface area contributed by atoms with Crippen LogP contribution in [0.5, 0.6) is 0 Å². The molecule has 5 rings (SSSR count). The van der Waals surface area contributed by atoms with E-state index in [2.05, 4.69) is 46.6 Å². The predicted octanol–water partition coefficient (Wildman–Crippen LogP) is 3.55. The average molecular weight is 395 g/mol. The molecule has 1 saturated heterocycles. The average Bonchev–Trinajstić information content (AvgIpc) is 3.30. The minimum atomic E-state index is -0.532. The van der Waals surface area contributed by atoms with E-state index in [4.69, 9.17) is 0 Å². The van der Waals surface area contributed by atoms with E-state index in [-0.39, 0.29) is 5.91 Å². The Labute approximate surface area is 170 Å². The van der Waals surface area contributed by atoms with Gasteiger partial charge in [-0.2, -0.15) is 0 Å². The van der Waals surface area contributed by atoms with Gasteiger partial charge in [-0.15, -0.1) is 11.8 Å². The number of hydrogen-bond donors (Lipinski definition) is 2. The van der Waals surface area contributed by atoms with Gasteiger partial charge in [0.15, 0.2) is 0 Å². The van der Waals surface area contributed by atoms with E-state index in [0.29, 0.717) is 18.3 Å². The van der Waals surface area contributed by atoms with Gasteiger partial charge >= 0.3 is 0 Å². The number of nitrogens with zero attached hydrogens (tertiary/aromatic N) is 1. The summed E-state index contributed by atoms with van der Waals surface area (Å²) in [7, 11) is 0. The van der Waals surface area contributed by atoms with Crippen molar-refractivity contribution in [3.63, 3.8) is 0 Å². The van der Waals surface area contributed by atoms with E-state index in [0.717, 1.165) is 49.5 Å². The smallest absolute Gasteiger partial charge is 0.228 e. The predicted molar refractivity (Wildman–Crippen MR) is 112 cm³/mol. The summed E-state index contributed by atoms with van der Waals surface area (Å²) in [6, 6.07) is 16.6. The topological polar surface area (TPSA) is 52.6 Å². The van der Waals surface area contributed by atoms with Crippen molar-refractivity contribution in [1.29, 1.82) is 0 Å². The SMILES string of the molecule is O=C1Cc2cc(SCN3C[C@@H]4CC(O)(Cc5ccccc5)C[C@@H]4C3)ccc2N1. The van der Waals surface area contributed by atoms with Crippen LogP contribution in [0.15, 0.2) is 53.4 Å². The van der Waals surface area contributed by atoms with Crippen molar-refractivity contribution < 1.29 is 9.90 Å². The number of nitrogens with one attached hydrogen (secondary N) is 1. The molecule has 28 heavy (non-hydrogen) atoms. The molecule has 1 saturated carbocycles. The van der Waals surface area contributed by atoms with Gasteiger partial charge in [-0.25, -0.2) is 0 Å². The number of thioether (sulfide) groups is 1. The van der Waals surface area contributed by atoms with Crippen molar-refractivity contribution in [2.24, 2.45) is 11.8 Å². The first kappa shape index (κ1) is 18.2. The molecule has 4 nitrogen and oxygen atoms in total. The van der Waals surface area contributed by atoms with E-state index in [1.54, 1.807) is 0 Å². The molecule has 0 bridgehead atoms. The number of fused-ring (bicyclic) bond motifs is 2. The highest BCUT2D eigenvalue weighted by Crippen LogP contribution is 2.45. The van der Waals surface area contributed by atoms with Crippen molar-refractivity contribution in [1.82, 2.24) is 4.90 Å². The van der Waals surface area contributed by atoms with Crippen LogP contribution in [0.25, 0.3) is 0 Å². The molecular formula is C23H26N2O2S. The van der Waals surface area contributed by atoms with Crippen LogP contribution in [0.3, 0.4) is 0 Å². The summed E-state index contributed by atoms with van der Waals surface area (Å²) >= 11 is 1.85. The molecule has 0 radical (unpaired) electrons. The molecular weight excluding hydrogens is 368 g/mol. The van der Waals surface area contributed by atoms with E-state index in [9.17, 15) is 9.90 Å². The second kappa shape index (κ2) is 7.21. The highest BCUT2D eigenvalue weighted by Gasteiger charge is 2.47. The number of anilines is 1. The van der Waals surface area contributed by atoms with E-state index in [1.807, 2.05) is 23.9 Å². The summed E-state index contributed by atoms with van der Waals surface area (Å²) in [6.45, 7) is 2.17. The van der Waals surface area contributed by atoms with Gasteiger partial charge < -0.3 is 10.4 Å². The molecule has 2 N–H and O–H groups in total. The molecule has 1 unspecified atom stereocenters. The van der Waals surface area contributed by atoms with Crippen LogP contribution in [0, 0.1) is 11.8 Å².